The van der Waals surface area contributed by atoms with Crippen molar-refractivity contribution in [1.82, 2.24) is 4.98 Å². The highest BCUT2D eigenvalue weighted by molar-refractivity contribution is 14.1. The van der Waals surface area contributed by atoms with Crippen LogP contribution in [0.1, 0.15) is 15.4 Å². The Morgan fingerprint density at radius 3 is 2.83 bits per heavy atom. The summed E-state index contributed by atoms with van der Waals surface area (Å²) in [6, 6.07) is 5.64. The van der Waals surface area contributed by atoms with Crippen molar-refractivity contribution in [2.75, 3.05) is 11.1 Å². The summed E-state index contributed by atoms with van der Waals surface area (Å²) < 4.78 is 2.03. The number of benzene rings is 1. The normalized spacial score (nSPS) is 10.4. The molecular weight excluding hydrogens is 429 g/mol. The lowest BCUT2D eigenvalue weighted by Gasteiger charge is -2.05. The monoisotopic (exact) mass is 437 g/mol. The number of nitrogens with one attached hydrogen (secondary N) is 1. The van der Waals surface area contributed by atoms with Gasteiger partial charge in [0.2, 0.25) is 0 Å². The standard InChI is InChI=1S/C11H9BrIN3OS/c1-5-9(18-11(14)15-5)10(17)16-6-2-3-8(13)7(12)4-6/h2-4H,1H3,(H2,14,15)(H,16,17). The largest absolute Gasteiger partial charge is 0.375 e. The number of nitrogens with two attached hydrogens (primary N) is 1. The van der Waals surface area contributed by atoms with Gasteiger partial charge < -0.3 is 11.1 Å². The molecule has 0 spiro atoms. The fourth-order valence-electron chi connectivity index (χ4n) is 1.39. The second-order valence-electron chi connectivity index (χ2n) is 3.55. The van der Waals surface area contributed by atoms with Crippen molar-refractivity contribution in [2.45, 2.75) is 6.92 Å². The van der Waals surface area contributed by atoms with Gasteiger partial charge in [0.1, 0.15) is 4.88 Å². The van der Waals surface area contributed by atoms with Gasteiger partial charge in [-0.25, -0.2) is 4.98 Å². The van der Waals surface area contributed by atoms with Crippen LogP contribution >= 0.6 is 49.9 Å². The van der Waals surface area contributed by atoms with Gasteiger partial charge in [-0.15, -0.1) is 0 Å². The number of aryl methyl sites for hydroxylation is 1. The van der Waals surface area contributed by atoms with Crippen molar-refractivity contribution < 1.29 is 4.79 Å². The van der Waals surface area contributed by atoms with Crippen LogP contribution in [0.4, 0.5) is 10.8 Å². The van der Waals surface area contributed by atoms with E-state index in [9.17, 15) is 4.79 Å². The highest BCUT2D eigenvalue weighted by Crippen LogP contribution is 2.25. The Bertz CT molecular complexity index is 614. The van der Waals surface area contributed by atoms with Gasteiger partial charge in [0.25, 0.3) is 5.91 Å². The van der Waals surface area contributed by atoms with E-state index in [-0.39, 0.29) is 5.91 Å². The van der Waals surface area contributed by atoms with Crippen molar-refractivity contribution in [3.8, 4) is 0 Å². The number of carbonyl (C=O) groups excluding carboxylic acids is 1. The number of thiazole rings is 1. The number of anilines is 2. The summed E-state index contributed by atoms with van der Waals surface area (Å²) in [5.74, 6) is -0.185. The highest BCUT2D eigenvalue weighted by atomic mass is 127. The predicted octanol–water partition coefficient (Wildman–Crippen LogP) is 3.65. The molecule has 0 bridgehead atoms. The summed E-state index contributed by atoms with van der Waals surface area (Å²) in [5, 5.41) is 3.23. The minimum absolute atomic E-state index is 0.185. The average molecular weight is 438 g/mol. The highest BCUT2D eigenvalue weighted by Gasteiger charge is 2.14. The Labute approximate surface area is 130 Å². The molecule has 1 aromatic carbocycles. The molecule has 0 radical (unpaired) electrons. The molecule has 0 saturated carbocycles. The first-order chi connectivity index (χ1) is 8.47. The van der Waals surface area contributed by atoms with Crippen molar-refractivity contribution in [3.63, 3.8) is 0 Å². The van der Waals surface area contributed by atoms with Gasteiger partial charge in [-0.2, -0.15) is 0 Å². The molecule has 0 aliphatic rings. The van der Waals surface area contributed by atoms with Crippen LogP contribution in [0.3, 0.4) is 0 Å². The van der Waals surface area contributed by atoms with Crippen LogP contribution < -0.4 is 11.1 Å². The molecule has 0 aliphatic heterocycles. The molecule has 0 aliphatic carbocycles. The Kier molecular flexibility index (Phi) is 4.23. The topological polar surface area (TPSA) is 68.0 Å². The molecule has 0 atom stereocenters. The molecule has 0 fully saturated rings. The SMILES string of the molecule is Cc1nc(N)sc1C(=O)Nc1ccc(I)c(Br)c1. The van der Waals surface area contributed by atoms with E-state index in [1.165, 1.54) is 11.3 Å². The maximum Gasteiger partial charge on any atom is 0.267 e. The number of aromatic nitrogens is 1. The van der Waals surface area contributed by atoms with Crippen LogP contribution in [0.5, 0.6) is 0 Å². The molecule has 1 heterocycles. The number of hydrogen-bond acceptors (Lipinski definition) is 4. The Hall–Kier alpha value is -0.670. The van der Waals surface area contributed by atoms with Gasteiger partial charge in [0.05, 0.1) is 5.69 Å². The molecule has 2 rings (SSSR count). The second-order valence-corrected chi connectivity index (χ2v) is 6.60. The number of carbonyl (C=O) groups is 1. The van der Waals surface area contributed by atoms with E-state index in [4.69, 9.17) is 5.73 Å². The molecule has 94 valence electrons. The van der Waals surface area contributed by atoms with Gasteiger partial charge in [-0.3, -0.25) is 4.79 Å². The zero-order valence-corrected chi connectivity index (χ0v) is 13.9. The summed E-state index contributed by atoms with van der Waals surface area (Å²) >= 11 is 6.82. The van der Waals surface area contributed by atoms with Gasteiger partial charge in [0, 0.05) is 13.7 Å². The number of halogens is 2. The second kappa shape index (κ2) is 5.54. The number of hydrogen-bond donors (Lipinski definition) is 2. The molecule has 0 unspecified atom stereocenters. The first kappa shape index (κ1) is 13.8. The van der Waals surface area contributed by atoms with Crippen LogP contribution in [0, 0.1) is 10.5 Å². The minimum atomic E-state index is -0.185. The molecule has 3 N–H and O–H groups in total. The third-order valence-corrected chi connectivity index (χ3v) is 5.52. The van der Waals surface area contributed by atoms with E-state index in [2.05, 4.69) is 48.8 Å². The number of rotatable bonds is 2. The molecule has 2 aromatic rings. The minimum Gasteiger partial charge on any atom is -0.375 e. The quantitative estimate of drug-likeness (QED) is 0.704. The van der Waals surface area contributed by atoms with Crippen molar-refractivity contribution in [2.24, 2.45) is 0 Å². The molecule has 0 saturated heterocycles. The molecule has 1 amide bonds. The zero-order chi connectivity index (χ0) is 13.3. The van der Waals surface area contributed by atoms with E-state index in [1.807, 2.05) is 18.2 Å². The number of nitrogens with zero attached hydrogens (tertiary/aromatic N) is 1. The van der Waals surface area contributed by atoms with E-state index in [1.54, 1.807) is 6.92 Å². The molecule has 18 heavy (non-hydrogen) atoms. The first-order valence-corrected chi connectivity index (χ1v) is 7.65. The molecule has 4 nitrogen and oxygen atoms in total. The predicted molar refractivity (Wildman–Crippen MR) is 86.1 cm³/mol. The maximum atomic E-state index is 12.0. The third-order valence-electron chi connectivity index (χ3n) is 2.20. The number of amides is 1. The maximum absolute atomic E-state index is 12.0. The smallest absolute Gasteiger partial charge is 0.267 e. The third kappa shape index (κ3) is 3.01. The van der Waals surface area contributed by atoms with Gasteiger partial charge >= 0.3 is 0 Å². The zero-order valence-electron chi connectivity index (χ0n) is 9.33. The first-order valence-electron chi connectivity index (χ1n) is 4.96. The Morgan fingerprint density at radius 2 is 2.28 bits per heavy atom. The van der Waals surface area contributed by atoms with Crippen LogP contribution in [-0.2, 0) is 0 Å². The van der Waals surface area contributed by atoms with Crippen molar-refractivity contribution in [3.05, 3.63) is 36.8 Å². The van der Waals surface area contributed by atoms with Crippen LogP contribution in [0.2, 0.25) is 0 Å². The summed E-state index contributed by atoms with van der Waals surface area (Å²) in [7, 11) is 0. The van der Waals surface area contributed by atoms with Gasteiger partial charge in [-0.1, -0.05) is 11.3 Å². The lowest BCUT2D eigenvalue weighted by Crippen LogP contribution is -2.11. The summed E-state index contributed by atoms with van der Waals surface area (Å²) in [5.41, 5.74) is 6.96. The van der Waals surface area contributed by atoms with E-state index in [0.717, 1.165) is 13.7 Å². The van der Waals surface area contributed by atoms with Crippen LogP contribution in [0.15, 0.2) is 22.7 Å². The lowest BCUT2D eigenvalue weighted by molar-refractivity contribution is 0.103. The van der Waals surface area contributed by atoms with Crippen LogP contribution in [0.25, 0.3) is 0 Å². The van der Waals surface area contributed by atoms with E-state index < -0.39 is 0 Å². The molecule has 1 aromatic heterocycles. The van der Waals surface area contributed by atoms with Crippen molar-refractivity contribution >= 4 is 66.6 Å². The summed E-state index contributed by atoms with van der Waals surface area (Å²) in [6.45, 7) is 1.77. The van der Waals surface area contributed by atoms with Gasteiger partial charge in [-0.05, 0) is 63.6 Å². The Morgan fingerprint density at radius 1 is 1.56 bits per heavy atom. The summed E-state index contributed by atoms with van der Waals surface area (Å²) in [6.07, 6.45) is 0. The van der Waals surface area contributed by atoms with Crippen LogP contribution in [-0.4, -0.2) is 10.9 Å². The molecule has 7 heteroatoms. The fourth-order valence-corrected chi connectivity index (χ4v) is 2.83. The fraction of sp³-hybridized carbons (Fsp3) is 0.0909. The summed E-state index contributed by atoms with van der Waals surface area (Å²) in [4.78, 5) is 16.6. The number of nitrogen functional groups attached to an aromatic ring is 1. The van der Waals surface area contributed by atoms with E-state index >= 15 is 0 Å². The average Bonchev–Trinajstić information content (AvgIpc) is 2.63. The van der Waals surface area contributed by atoms with Gasteiger partial charge in [0.15, 0.2) is 5.13 Å². The van der Waals surface area contributed by atoms with Crippen molar-refractivity contribution in [1.29, 1.82) is 0 Å². The Balaban J connectivity index is 2.21. The van der Waals surface area contributed by atoms with E-state index in [0.29, 0.717) is 15.7 Å². The molecular formula is C11H9BrIN3OS. The lowest BCUT2D eigenvalue weighted by atomic mass is 10.3.